The Labute approximate surface area is 92.9 Å². The minimum absolute atomic E-state index is 0.675. The van der Waals surface area contributed by atoms with E-state index in [1.807, 2.05) is 11.8 Å². The zero-order valence-electron chi connectivity index (χ0n) is 8.27. The fraction of sp³-hybridized carbons (Fsp3) is 0.778. The highest BCUT2D eigenvalue weighted by atomic mass is 32.2. The number of hydrogen-bond donors (Lipinski definition) is 1. The van der Waals surface area contributed by atoms with Crippen molar-refractivity contribution in [2.24, 2.45) is 5.92 Å². The first-order valence-corrected chi connectivity index (χ1v) is 6.79. The van der Waals surface area contributed by atoms with E-state index in [2.05, 4.69) is 21.6 Å². The fourth-order valence-corrected chi connectivity index (χ4v) is 3.17. The molecular weight excluding hydrogens is 214 g/mol. The van der Waals surface area contributed by atoms with Gasteiger partial charge in [-0.1, -0.05) is 18.7 Å². The van der Waals surface area contributed by atoms with E-state index in [-0.39, 0.29) is 0 Å². The van der Waals surface area contributed by atoms with Crippen LogP contribution in [0.2, 0.25) is 0 Å². The van der Waals surface area contributed by atoms with Crippen molar-refractivity contribution in [1.82, 2.24) is 14.7 Å². The van der Waals surface area contributed by atoms with Gasteiger partial charge in [0.1, 0.15) is 6.33 Å². The first-order valence-electron chi connectivity index (χ1n) is 5.03. The van der Waals surface area contributed by atoms with Gasteiger partial charge in [-0.25, -0.2) is 4.98 Å². The van der Waals surface area contributed by atoms with E-state index in [1.165, 1.54) is 24.4 Å². The van der Waals surface area contributed by atoms with Gasteiger partial charge >= 0.3 is 0 Å². The van der Waals surface area contributed by atoms with Crippen molar-refractivity contribution < 1.29 is 0 Å². The maximum absolute atomic E-state index is 4.17. The molecule has 0 amide bonds. The molecule has 1 N–H and O–H groups in total. The molecule has 1 saturated carbocycles. The lowest BCUT2D eigenvalue weighted by Crippen LogP contribution is -2.33. The summed E-state index contributed by atoms with van der Waals surface area (Å²) in [5.74, 6) is 2.05. The maximum atomic E-state index is 4.17. The normalized spacial score (nSPS) is 18.4. The molecule has 1 atom stereocenters. The second kappa shape index (κ2) is 5.09. The van der Waals surface area contributed by atoms with Crippen LogP contribution in [0.5, 0.6) is 0 Å². The topological polar surface area (TPSA) is 37.8 Å². The molecule has 78 valence electrons. The van der Waals surface area contributed by atoms with Gasteiger partial charge in [0.25, 0.3) is 0 Å². The molecule has 1 aromatic rings. The van der Waals surface area contributed by atoms with E-state index in [4.69, 9.17) is 0 Å². The monoisotopic (exact) mass is 229 g/mol. The molecule has 0 spiro atoms. The van der Waals surface area contributed by atoms with Crippen molar-refractivity contribution in [3.63, 3.8) is 0 Å². The molecule has 14 heavy (non-hydrogen) atoms. The summed E-state index contributed by atoms with van der Waals surface area (Å²) in [5.41, 5.74) is 0. The van der Waals surface area contributed by atoms with Gasteiger partial charge < -0.3 is 5.32 Å². The third-order valence-corrected chi connectivity index (χ3v) is 4.30. The van der Waals surface area contributed by atoms with Crippen LogP contribution in [0.15, 0.2) is 10.7 Å². The molecule has 0 bridgehead atoms. The zero-order chi connectivity index (χ0) is 9.80. The lowest BCUT2D eigenvalue weighted by atomic mass is 10.2. The molecule has 5 heteroatoms. The summed E-state index contributed by atoms with van der Waals surface area (Å²) in [6, 6.07) is 0.675. The molecule has 3 nitrogen and oxygen atoms in total. The summed E-state index contributed by atoms with van der Waals surface area (Å²) in [6.45, 7) is 3.24. The number of rotatable bonds is 6. The molecule has 1 aromatic heterocycles. The number of nitrogens with zero attached hydrogens (tertiary/aromatic N) is 2. The lowest BCUT2D eigenvalue weighted by molar-refractivity contribution is 0.519. The smallest absolute Gasteiger partial charge is 0.169 e. The van der Waals surface area contributed by atoms with E-state index >= 15 is 0 Å². The second-order valence-corrected chi connectivity index (χ2v) is 5.57. The molecule has 2 rings (SSSR count). The van der Waals surface area contributed by atoms with Crippen molar-refractivity contribution >= 4 is 23.3 Å². The molecule has 0 aliphatic heterocycles. The van der Waals surface area contributed by atoms with Crippen LogP contribution in [0.3, 0.4) is 0 Å². The minimum atomic E-state index is 0.675. The first kappa shape index (κ1) is 10.4. The molecule has 0 radical (unpaired) electrons. The highest BCUT2D eigenvalue weighted by Crippen LogP contribution is 2.35. The largest absolute Gasteiger partial charge is 0.313 e. The number of hydrogen-bond acceptors (Lipinski definition) is 5. The van der Waals surface area contributed by atoms with Crippen LogP contribution in [-0.2, 0) is 0 Å². The molecule has 1 aliphatic carbocycles. The van der Waals surface area contributed by atoms with Crippen molar-refractivity contribution in [2.45, 2.75) is 30.1 Å². The Morgan fingerprint density at radius 2 is 2.57 bits per heavy atom. The SMILES string of the molecule is CCNC(CSc1ncns1)C1CC1. The Morgan fingerprint density at radius 1 is 1.71 bits per heavy atom. The summed E-state index contributed by atoms with van der Waals surface area (Å²) in [5, 5.41) is 3.54. The predicted molar refractivity (Wildman–Crippen MR) is 60.8 cm³/mol. The van der Waals surface area contributed by atoms with Gasteiger partial charge in [0.2, 0.25) is 0 Å². The van der Waals surface area contributed by atoms with Gasteiger partial charge in [-0.15, -0.1) is 0 Å². The average molecular weight is 229 g/mol. The van der Waals surface area contributed by atoms with Crippen LogP contribution < -0.4 is 5.32 Å². The Bertz CT molecular complexity index is 259. The summed E-state index contributed by atoms with van der Waals surface area (Å²) >= 11 is 3.32. The minimum Gasteiger partial charge on any atom is -0.313 e. The Kier molecular flexibility index (Phi) is 3.78. The van der Waals surface area contributed by atoms with E-state index in [0.29, 0.717) is 6.04 Å². The highest BCUT2D eigenvalue weighted by molar-refractivity contribution is 8.00. The summed E-state index contributed by atoms with van der Waals surface area (Å²) in [6.07, 6.45) is 4.43. The molecular formula is C9H15N3S2. The standard InChI is InChI=1S/C9H15N3S2/c1-2-10-8(7-3-4-7)5-13-9-11-6-12-14-9/h6-8,10H,2-5H2,1H3. The first-order chi connectivity index (χ1) is 6.90. The second-order valence-electron chi connectivity index (χ2n) is 3.52. The van der Waals surface area contributed by atoms with E-state index < -0.39 is 0 Å². The third-order valence-electron chi connectivity index (χ3n) is 2.38. The van der Waals surface area contributed by atoms with Crippen LogP contribution in [0.25, 0.3) is 0 Å². The van der Waals surface area contributed by atoms with E-state index in [9.17, 15) is 0 Å². The van der Waals surface area contributed by atoms with E-state index in [0.717, 1.165) is 22.6 Å². The van der Waals surface area contributed by atoms with Crippen LogP contribution in [0, 0.1) is 5.92 Å². The van der Waals surface area contributed by atoms with Gasteiger partial charge in [-0.05, 0) is 36.8 Å². The summed E-state index contributed by atoms with van der Waals surface area (Å²) in [7, 11) is 0. The highest BCUT2D eigenvalue weighted by Gasteiger charge is 2.30. The number of aromatic nitrogens is 2. The summed E-state index contributed by atoms with van der Waals surface area (Å²) < 4.78 is 5.09. The summed E-state index contributed by atoms with van der Waals surface area (Å²) in [4.78, 5) is 4.17. The Morgan fingerprint density at radius 3 is 3.14 bits per heavy atom. The lowest BCUT2D eigenvalue weighted by Gasteiger charge is -2.15. The van der Waals surface area contributed by atoms with Gasteiger partial charge in [-0.2, -0.15) is 4.37 Å². The van der Waals surface area contributed by atoms with Gasteiger partial charge in [-0.3, -0.25) is 0 Å². The molecule has 0 saturated heterocycles. The van der Waals surface area contributed by atoms with Crippen LogP contribution >= 0.6 is 23.3 Å². The maximum Gasteiger partial charge on any atom is 0.169 e. The quantitative estimate of drug-likeness (QED) is 0.757. The van der Waals surface area contributed by atoms with Crippen molar-refractivity contribution in [1.29, 1.82) is 0 Å². The van der Waals surface area contributed by atoms with Crippen LogP contribution in [-0.4, -0.2) is 27.7 Å². The molecule has 1 aliphatic rings. The fourth-order valence-electron chi connectivity index (χ4n) is 1.51. The van der Waals surface area contributed by atoms with Crippen molar-refractivity contribution in [3.8, 4) is 0 Å². The van der Waals surface area contributed by atoms with Gasteiger partial charge in [0.15, 0.2) is 4.34 Å². The molecule has 0 aromatic carbocycles. The molecule has 1 unspecified atom stereocenters. The number of nitrogens with one attached hydrogen (secondary N) is 1. The van der Waals surface area contributed by atoms with Crippen molar-refractivity contribution in [2.75, 3.05) is 12.3 Å². The number of thioether (sulfide) groups is 1. The van der Waals surface area contributed by atoms with E-state index in [1.54, 1.807) is 6.33 Å². The average Bonchev–Trinajstić information content (AvgIpc) is 2.90. The molecule has 1 heterocycles. The van der Waals surface area contributed by atoms with Crippen molar-refractivity contribution in [3.05, 3.63) is 6.33 Å². The van der Waals surface area contributed by atoms with Gasteiger partial charge in [0.05, 0.1) is 0 Å². The van der Waals surface area contributed by atoms with Crippen LogP contribution in [0.4, 0.5) is 0 Å². The Hall–Kier alpha value is -0.130. The zero-order valence-corrected chi connectivity index (χ0v) is 9.90. The van der Waals surface area contributed by atoms with Crippen LogP contribution in [0.1, 0.15) is 19.8 Å². The Balaban J connectivity index is 1.76. The predicted octanol–water partition coefficient (Wildman–Crippen LogP) is 2.02. The third kappa shape index (κ3) is 2.93. The molecule has 1 fully saturated rings. The van der Waals surface area contributed by atoms with Gasteiger partial charge in [0, 0.05) is 11.8 Å².